The van der Waals surface area contributed by atoms with E-state index in [0.29, 0.717) is 39.5 Å². The first-order chi connectivity index (χ1) is 16.6. The highest BCUT2D eigenvalue weighted by Crippen LogP contribution is 2.21. The van der Waals surface area contributed by atoms with Gasteiger partial charge in [0.1, 0.15) is 11.6 Å². The third-order valence-corrected chi connectivity index (χ3v) is 6.41. The number of ether oxygens (including phenoxy) is 3. The molecule has 0 aromatic heterocycles. The summed E-state index contributed by atoms with van der Waals surface area (Å²) >= 11 is 0. The molecule has 0 radical (unpaired) electrons. The molecule has 1 unspecified atom stereocenters. The predicted octanol–water partition coefficient (Wildman–Crippen LogP) is 2.51. The standard InChI is InChI=1S/C26H34FN3O4/c1-32-25-9-5-2-6-21(25)18-29-14-17-34-22(19-29)20-30(11-10-28-12-15-33-16-13-28)26(31)23-7-3-4-8-24(23)27/h2-9,22H,10-20H2,1H3. The van der Waals surface area contributed by atoms with E-state index >= 15 is 0 Å². The van der Waals surface area contributed by atoms with E-state index in [4.69, 9.17) is 14.2 Å². The molecule has 0 aliphatic carbocycles. The topological polar surface area (TPSA) is 54.5 Å². The van der Waals surface area contributed by atoms with Gasteiger partial charge in [0.2, 0.25) is 0 Å². The molecule has 0 N–H and O–H groups in total. The summed E-state index contributed by atoms with van der Waals surface area (Å²) < 4.78 is 31.4. The third-order valence-electron chi connectivity index (χ3n) is 6.41. The molecular formula is C26H34FN3O4. The maximum absolute atomic E-state index is 14.4. The number of hydrogen-bond acceptors (Lipinski definition) is 6. The van der Waals surface area contributed by atoms with Crippen molar-refractivity contribution in [2.45, 2.75) is 12.6 Å². The Bertz CT molecular complexity index is 938. The number of halogens is 1. The number of nitrogens with zero attached hydrogens (tertiary/aromatic N) is 3. The van der Waals surface area contributed by atoms with Crippen LogP contribution in [0.3, 0.4) is 0 Å². The fourth-order valence-electron chi connectivity index (χ4n) is 4.52. The Hall–Kier alpha value is -2.52. The lowest BCUT2D eigenvalue weighted by Gasteiger charge is -2.37. The highest BCUT2D eigenvalue weighted by Gasteiger charge is 2.27. The molecule has 2 aromatic carbocycles. The summed E-state index contributed by atoms with van der Waals surface area (Å²) in [5.74, 6) is 0.0791. The smallest absolute Gasteiger partial charge is 0.256 e. The molecule has 8 heteroatoms. The number of rotatable bonds is 9. The highest BCUT2D eigenvalue weighted by atomic mass is 19.1. The van der Waals surface area contributed by atoms with Gasteiger partial charge < -0.3 is 19.1 Å². The van der Waals surface area contributed by atoms with Crippen LogP contribution in [0.15, 0.2) is 48.5 Å². The fraction of sp³-hybridized carbons (Fsp3) is 0.500. The molecule has 0 saturated carbocycles. The van der Waals surface area contributed by atoms with Crippen LogP contribution >= 0.6 is 0 Å². The van der Waals surface area contributed by atoms with Crippen molar-refractivity contribution in [3.05, 3.63) is 65.5 Å². The SMILES string of the molecule is COc1ccccc1CN1CCOC(CN(CCN2CCOCC2)C(=O)c2ccccc2F)C1. The lowest BCUT2D eigenvalue weighted by molar-refractivity contribution is -0.0445. The lowest BCUT2D eigenvalue weighted by Crippen LogP contribution is -2.50. The number of methoxy groups -OCH3 is 1. The predicted molar refractivity (Wildman–Crippen MR) is 128 cm³/mol. The van der Waals surface area contributed by atoms with Crippen LogP contribution in [0.5, 0.6) is 5.75 Å². The molecule has 2 fully saturated rings. The third kappa shape index (κ3) is 6.54. The molecule has 4 rings (SSSR count). The number of morpholine rings is 2. The van der Waals surface area contributed by atoms with Gasteiger partial charge in [-0.3, -0.25) is 14.6 Å². The van der Waals surface area contributed by atoms with E-state index in [-0.39, 0.29) is 17.6 Å². The van der Waals surface area contributed by atoms with Crippen molar-refractivity contribution in [2.24, 2.45) is 0 Å². The second-order valence-electron chi connectivity index (χ2n) is 8.72. The Kier molecular flexibility index (Phi) is 8.87. The van der Waals surface area contributed by atoms with Gasteiger partial charge >= 0.3 is 0 Å². The monoisotopic (exact) mass is 471 g/mol. The number of amides is 1. The quantitative estimate of drug-likeness (QED) is 0.560. The van der Waals surface area contributed by atoms with E-state index in [2.05, 4.69) is 15.9 Å². The van der Waals surface area contributed by atoms with E-state index < -0.39 is 5.82 Å². The van der Waals surface area contributed by atoms with Crippen molar-refractivity contribution in [3.63, 3.8) is 0 Å². The first-order valence-corrected chi connectivity index (χ1v) is 11.9. The zero-order valence-electron chi connectivity index (χ0n) is 19.8. The van der Waals surface area contributed by atoms with Gasteiger partial charge in [0.25, 0.3) is 5.91 Å². The molecular weight excluding hydrogens is 437 g/mol. The molecule has 0 bridgehead atoms. The molecule has 2 aliphatic heterocycles. The van der Waals surface area contributed by atoms with Gasteiger partial charge in [-0.2, -0.15) is 0 Å². The zero-order chi connectivity index (χ0) is 23.8. The molecule has 2 aliphatic rings. The van der Waals surface area contributed by atoms with Gasteiger partial charge in [0, 0.05) is 57.9 Å². The van der Waals surface area contributed by atoms with Crippen LogP contribution in [0.25, 0.3) is 0 Å². The van der Waals surface area contributed by atoms with Crippen LogP contribution in [0.4, 0.5) is 4.39 Å². The van der Waals surface area contributed by atoms with Crippen molar-refractivity contribution in [2.75, 3.05) is 72.7 Å². The Morgan fingerprint density at radius 1 is 1.06 bits per heavy atom. The summed E-state index contributed by atoms with van der Waals surface area (Å²) in [6.07, 6.45) is -0.149. The van der Waals surface area contributed by atoms with Crippen molar-refractivity contribution >= 4 is 5.91 Å². The minimum absolute atomic E-state index is 0.103. The molecule has 2 aromatic rings. The van der Waals surface area contributed by atoms with Crippen molar-refractivity contribution < 1.29 is 23.4 Å². The number of carbonyl (C=O) groups is 1. The Labute approximate surface area is 201 Å². The second kappa shape index (κ2) is 12.3. The average molecular weight is 472 g/mol. The molecule has 34 heavy (non-hydrogen) atoms. The highest BCUT2D eigenvalue weighted by molar-refractivity contribution is 5.94. The Balaban J connectivity index is 1.42. The molecule has 0 spiro atoms. The van der Waals surface area contributed by atoms with Gasteiger partial charge in [0.15, 0.2) is 0 Å². The van der Waals surface area contributed by atoms with Gasteiger partial charge in [-0.1, -0.05) is 30.3 Å². The first-order valence-electron chi connectivity index (χ1n) is 11.9. The van der Waals surface area contributed by atoms with Crippen molar-refractivity contribution in [1.29, 1.82) is 0 Å². The molecule has 2 saturated heterocycles. The molecule has 7 nitrogen and oxygen atoms in total. The number of benzene rings is 2. The van der Waals surface area contributed by atoms with Crippen LogP contribution in [0.1, 0.15) is 15.9 Å². The van der Waals surface area contributed by atoms with E-state index in [9.17, 15) is 9.18 Å². The van der Waals surface area contributed by atoms with Gasteiger partial charge in [0.05, 0.1) is 38.6 Å². The molecule has 1 amide bonds. The summed E-state index contributed by atoms with van der Waals surface area (Å²) in [7, 11) is 1.68. The molecule has 184 valence electrons. The number of carbonyl (C=O) groups excluding carboxylic acids is 1. The first kappa shape index (κ1) is 24.6. The van der Waals surface area contributed by atoms with E-state index in [1.54, 1.807) is 30.2 Å². The minimum atomic E-state index is -0.494. The minimum Gasteiger partial charge on any atom is -0.496 e. The molecule has 1 atom stereocenters. The lowest BCUT2D eigenvalue weighted by atomic mass is 10.1. The Morgan fingerprint density at radius 2 is 1.79 bits per heavy atom. The van der Waals surface area contributed by atoms with Crippen LogP contribution < -0.4 is 4.74 Å². The van der Waals surface area contributed by atoms with Crippen LogP contribution in [0, 0.1) is 5.82 Å². The van der Waals surface area contributed by atoms with E-state index in [1.807, 2.05) is 18.2 Å². The summed E-state index contributed by atoms with van der Waals surface area (Å²) in [4.78, 5) is 19.7. The number of hydrogen-bond donors (Lipinski definition) is 0. The summed E-state index contributed by atoms with van der Waals surface area (Å²) in [6, 6.07) is 14.2. The maximum atomic E-state index is 14.4. The van der Waals surface area contributed by atoms with Crippen molar-refractivity contribution in [1.82, 2.24) is 14.7 Å². The summed E-state index contributed by atoms with van der Waals surface area (Å²) in [5, 5.41) is 0. The van der Waals surface area contributed by atoms with Crippen molar-refractivity contribution in [3.8, 4) is 5.75 Å². The van der Waals surface area contributed by atoms with Crippen LogP contribution in [-0.4, -0.2) is 99.5 Å². The Morgan fingerprint density at radius 3 is 2.59 bits per heavy atom. The maximum Gasteiger partial charge on any atom is 0.256 e. The van der Waals surface area contributed by atoms with Gasteiger partial charge in [-0.05, 0) is 18.2 Å². The average Bonchev–Trinajstić information content (AvgIpc) is 2.87. The van der Waals surface area contributed by atoms with E-state index in [1.165, 1.54) is 6.07 Å². The number of para-hydroxylation sites is 1. The second-order valence-corrected chi connectivity index (χ2v) is 8.72. The van der Waals surface area contributed by atoms with Gasteiger partial charge in [-0.25, -0.2) is 4.39 Å². The summed E-state index contributed by atoms with van der Waals surface area (Å²) in [5.41, 5.74) is 1.23. The summed E-state index contributed by atoms with van der Waals surface area (Å²) in [6.45, 7) is 7.57. The normalized spacial score (nSPS) is 19.6. The van der Waals surface area contributed by atoms with Gasteiger partial charge in [-0.15, -0.1) is 0 Å². The molecule has 2 heterocycles. The fourth-order valence-corrected chi connectivity index (χ4v) is 4.52. The van der Waals surface area contributed by atoms with Crippen LogP contribution in [0.2, 0.25) is 0 Å². The van der Waals surface area contributed by atoms with E-state index in [0.717, 1.165) is 44.0 Å². The zero-order valence-corrected chi connectivity index (χ0v) is 19.8. The van der Waals surface area contributed by atoms with Crippen LogP contribution in [-0.2, 0) is 16.0 Å². The largest absolute Gasteiger partial charge is 0.496 e.